The van der Waals surface area contributed by atoms with Crippen LogP contribution in [0.1, 0.15) is 6.92 Å². The van der Waals surface area contributed by atoms with Crippen LogP contribution in [-0.2, 0) is 0 Å². The average molecular weight is 239 g/mol. The number of hydrogen-bond donors (Lipinski definition) is 2. The molecule has 2 N–H and O–H groups in total. The van der Waals surface area contributed by atoms with E-state index in [1.807, 2.05) is 5.32 Å². The van der Waals surface area contributed by atoms with E-state index in [2.05, 4.69) is 20.3 Å². The molecular formula is C7H9F4N5. The van der Waals surface area contributed by atoms with Gasteiger partial charge in [0.2, 0.25) is 11.9 Å². The maximum absolute atomic E-state index is 12.7. The standard InChI is InChI=1S/C7H9F4N5/c1-3(7(9,10)11)13-6-15-4(8)14-5(12-2)16-6/h3H,1-2H3,(H2,12,13,14,15,16). The molecule has 0 aliphatic heterocycles. The highest BCUT2D eigenvalue weighted by Gasteiger charge is 2.36. The largest absolute Gasteiger partial charge is 0.408 e. The minimum Gasteiger partial charge on any atom is -0.357 e. The first-order chi connectivity index (χ1) is 7.32. The van der Waals surface area contributed by atoms with E-state index in [1.54, 1.807) is 0 Å². The van der Waals surface area contributed by atoms with Crippen molar-refractivity contribution in [3.8, 4) is 0 Å². The summed E-state index contributed by atoms with van der Waals surface area (Å²) in [5.74, 6) is -0.619. The second-order valence-electron chi connectivity index (χ2n) is 2.91. The molecule has 1 aromatic rings. The number of nitrogens with one attached hydrogen (secondary N) is 2. The molecule has 1 heterocycles. The summed E-state index contributed by atoms with van der Waals surface area (Å²) < 4.78 is 49.3. The Morgan fingerprint density at radius 2 is 1.69 bits per heavy atom. The molecule has 90 valence electrons. The first kappa shape index (κ1) is 12.4. The van der Waals surface area contributed by atoms with E-state index in [4.69, 9.17) is 0 Å². The Hall–Kier alpha value is -1.67. The average Bonchev–Trinajstić information content (AvgIpc) is 2.15. The Balaban J connectivity index is 2.85. The molecule has 1 unspecified atom stereocenters. The lowest BCUT2D eigenvalue weighted by atomic mass is 10.3. The van der Waals surface area contributed by atoms with Crippen LogP contribution in [0.4, 0.5) is 29.5 Å². The minimum absolute atomic E-state index is 0.149. The van der Waals surface area contributed by atoms with Gasteiger partial charge in [0.15, 0.2) is 0 Å². The molecule has 0 amide bonds. The summed E-state index contributed by atoms with van der Waals surface area (Å²) in [5, 5.41) is 4.33. The van der Waals surface area contributed by atoms with Crippen molar-refractivity contribution < 1.29 is 17.6 Å². The van der Waals surface area contributed by atoms with Crippen LogP contribution >= 0.6 is 0 Å². The molecule has 5 nitrogen and oxygen atoms in total. The molecule has 0 radical (unpaired) electrons. The van der Waals surface area contributed by atoms with Gasteiger partial charge in [-0.3, -0.25) is 0 Å². The number of halogens is 4. The van der Waals surface area contributed by atoms with Crippen LogP contribution in [-0.4, -0.2) is 34.2 Å². The number of anilines is 2. The molecule has 0 aromatic carbocycles. The van der Waals surface area contributed by atoms with Crippen molar-refractivity contribution in [3.05, 3.63) is 6.08 Å². The normalized spacial score (nSPS) is 13.4. The fourth-order valence-corrected chi connectivity index (χ4v) is 0.802. The summed E-state index contributed by atoms with van der Waals surface area (Å²) in [6.07, 6.45) is -5.61. The van der Waals surface area contributed by atoms with Gasteiger partial charge in [0.1, 0.15) is 6.04 Å². The van der Waals surface area contributed by atoms with Crippen molar-refractivity contribution in [1.82, 2.24) is 15.0 Å². The van der Waals surface area contributed by atoms with E-state index in [1.165, 1.54) is 7.05 Å². The molecule has 16 heavy (non-hydrogen) atoms. The van der Waals surface area contributed by atoms with Gasteiger partial charge in [-0.1, -0.05) is 0 Å². The smallest absolute Gasteiger partial charge is 0.357 e. The topological polar surface area (TPSA) is 62.7 Å². The van der Waals surface area contributed by atoms with Crippen molar-refractivity contribution in [2.75, 3.05) is 17.7 Å². The van der Waals surface area contributed by atoms with E-state index in [0.717, 1.165) is 6.92 Å². The third kappa shape index (κ3) is 3.17. The molecule has 0 saturated carbocycles. The fourth-order valence-electron chi connectivity index (χ4n) is 0.802. The highest BCUT2D eigenvalue weighted by Crippen LogP contribution is 2.22. The molecule has 1 rings (SSSR count). The summed E-state index contributed by atoms with van der Waals surface area (Å²) >= 11 is 0. The Kier molecular flexibility index (Phi) is 3.45. The van der Waals surface area contributed by atoms with E-state index < -0.39 is 24.2 Å². The maximum atomic E-state index is 12.7. The second kappa shape index (κ2) is 4.45. The summed E-state index contributed by atoms with van der Waals surface area (Å²) in [4.78, 5) is 9.82. The van der Waals surface area contributed by atoms with Crippen LogP contribution < -0.4 is 10.6 Å². The summed E-state index contributed by atoms with van der Waals surface area (Å²) in [6.45, 7) is 0.876. The number of alkyl halides is 3. The van der Waals surface area contributed by atoms with E-state index in [0.29, 0.717) is 0 Å². The van der Waals surface area contributed by atoms with Crippen molar-refractivity contribution in [1.29, 1.82) is 0 Å². The molecule has 0 bridgehead atoms. The maximum Gasteiger partial charge on any atom is 0.408 e. The number of aromatic nitrogens is 3. The molecular weight excluding hydrogens is 230 g/mol. The van der Waals surface area contributed by atoms with Crippen molar-refractivity contribution in [3.63, 3.8) is 0 Å². The number of rotatable bonds is 3. The zero-order chi connectivity index (χ0) is 12.3. The quantitative estimate of drug-likeness (QED) is 0.781. The summed E-state index contributed by atoms with van der Waals surface area (Å²) in [5.41, 5.74) is 0. The Morgan fingerprint density at radius 3 is 2.19 bits per heavy atom. The van der Waals surface area contributed by atoms with Gasteiger partial charge in [-0.05, 0) is 6.92 Å². The van der Waals surface area contributed by atoms with Gasteiger partial charge >= 0.3 is 12.3 Å². The van der Waals surface area contributed by atoms with Gasteiger partial charge < -0.3 is 10.6 Å². The molecule has 9 heteroatoms. The van der Waals surface area contributed by atoms with Crippen LogP contribution in [0.5, 0.6) is 0 Å². The third-order valence-corrected chi connectivity index (χ3v) is 1.67. The van der Waals surface area contributed by atoms with Gasteiger partial charge in [-0.2, -0.15) is 32.5 Å². The Bertz CT molecular complexity index is 366. The lowest BCUT2D eigenvalue weighted by Gasteiger charge is -2.16. The molecule has 1 aromatic heterocycles. The van der Waals surface area contributed by atoms with Crippen molar-refractivity contribution >= 4 is 11.9 Å². The first-order valence-electron chi connectivity index (χ1n) is 4.25. The molecule has 0 spiro atoms. The SMILES string of the molecule is CNc1nc(F)nc(NC(C)C(F)(F)F)n1. The van der Waals surface area contributed by atoms with Crippen LogP contribution in [0.2, 0.25) is 0 Å². The van der Waals surface area contributed by atoms with E-state index in [9.17, 15) is 17.6 Å². The highest BCUT2D eigenvalue weighted by molar-refractivity contribution is 5.33. The lowest BCUT2D eigenvalue weighted by Crippen LogP contribution is -2.34. The first-order valence-corrected chi connectivity index (χ1v) is 4.25. The van der Waals surface area contributed by atoms with Crippen LogP contribution in [0.15, 0.2) is 0 Å². The Labute approximate surface area is 88.3 Å². The molecule has 0 aliphatic carbocycles. The van der Waals surface area contributed by atoms with Crippen LogP contribution in [0.3, 0.4) is 0 Å². The second-order valence-corrected chi connectivity index (χ2v) is 2.91. The summed E-state index contributed by atoms with van der Waals surface area (Å²) in [6, 6.07) is -1.88. The van der Waals surface area contributed by atoms with Gasteiger partial charge in [-0.25, -0.2) is 0 Å². The fraction of sp³-hybridized carbons (Fsp3) is 0.571. The van der Waals surface area contributed by atoms with Gasteiger partial charge in [0, 0.05) is 7.05 Å². The summed E-state index contributed by atoms with van der Waals surface area (Å²) in [7, 11) is 1.41. The molecule has 0 fully saturated rings. The van der Waals surface area contributed by atoms with Gasteiger partial charge in [0.25, 0.3) is 0 Å². The van der Waals surface area contributed by atoms with E-state index >= 15 is 0 Å². The molecule has 1 atom stereocenters. The van der Waals surface area contributed by atoms with Gasteiger partial charge in [-0.15, -0.1) is 0 Å². The van der Waals surface area contributed by atoms with Crippen LogP contribution in [0, 0.1) is 6.08 Å². The zero-order valence-electron chi connectivity index (χ0n) is 8.43. The zero-order valence-corrected chi connectivity index (χ0v) is 8.43. The van der Waals surface area contributed by atoms with Crippen molar-refractivity contribution in [2.24, 2.45) is 0 Å². The molecule has 0 saturated heterocycles. The lowest BCUT2D eigenvalue weighted by molar-refractivity contribution is -0.138. The number of hydrogen-bond acceptors (Lipinski definition) is 5. The number of nitrogens with zero attached hydrogens (tertiary/aromatic N) is 3. The predicted octanol–water partition coefficient (Wildman–Crippen LogP) is 1.42. The van der Waals surface area contributed by atoms with Crippen LogP contribution in [0.25, 0.3) is 0 Å². The van der Waals surface area contributed by atoms with E-state index in [-0.39, 0.29) is 5.95 Å². The molecule has 0 aliphatic rings. The predicted molar refractivity (Wildman–Crippen MR) is 48.5 cm³/mol. The minimum atomic E-state index is -4.46. The van der Waals surface area contributed by atoms with Crippen molar-refractivity contribution in [2.45, 2.75) is 19.1 Å². The highest BCUT2D eigenvalue weighted by atomic mass is 19.4. The van der Waals surface area contributed by atoms with Gasteiger partial charge in [0.05, 0.1) is 0 Å². The monoisotopic (exact) mass is 239 g/mol. The Morgan fingerprint density at radius 1 is 1.12 bits per heavy atom. The third-order valence-electron chi connectivity index (χ3n) is 1.67.